The number of rotatable bonds is 15. The third-order valence-corrected chi connectivity index (χ3v) is 12.8. The lowest BCUT2D eigenvalue weighted by Crippen LogP contribution is -1.91. The van der Waals surface area contributed by atoms with Crippen LogP contribution in [0, 0.1) is 0 Å². The maximum atomic E-state index is 6.14. The molecule has 0 radical (unpaired) electrons. The maximum Gasteiger partial charge on any atom is 0.174 e. The molecule has 0 aromatic carbocycles. The Morgan fingerprint density at radius 2 is 1.20 bits per heavy atom. The van der Waals surface area contributed by atoms with Gasteiger partial charge in [0.1, 0.15) is 0 Å². The molecule has 0 amide bonds. The zero-order valence-corrected chi connectivity index (χ0v) is 16.9. The topological polar surface area (TPSA) is 9.23 Å². The van der Waals surface area contributed by atoms with Gasteiger partial charge in [-0.2, -0.15) is 0 Å². The van der Waals surface area contributed by atoms with E-state index >= 15 is 0 Å². The highest BCUT2D eigenvalue weighted by Gasteiger charge is 2.18. The molecular weight excluding hydrogens is 323 g/mol. The van der Waals surface area contributed by atoms with Crippen LogP contribution >= 0.6 is 27.4 Å². The first-order valence-electron chi connectivity index (χ1n) is 8.22. The van der Waals surface area contributed by atoms with Gasteiger partial charge >= 0.3 is 0 Å². The van der Waals surface area contributed by atoms with Gasteiger partial charge in [-0.05, 0) is 31.1 Å². The first-order chi connectivity index (χ1) is 9.68. The first kappa shape index (κ1) is 21.3. The standard InChI is InChI=1S/C15H33OPS3/c1-4-7-10-13-16-17(18,19-14-11-8-5-2)20-15-12-9-6-3/h4-15H2,1-3H3. The molecule has 0 aliphatic carbocycles. The van der Waals surface area contributed by atoms with Crippen LogP contribution in [0.25, 0.3) is 0 Å². The Bertz CT molecular complexity index is 211. The van der Waals surface area contributed by atoms with Crippen LogP contribution in [0.4, 0.5) is 0 Å². The minimum Gasteiger partial charge on any atom is -0.334 e. The highest BCUT2D eigenvalue weighted by atomic mass is 33.2. The summed E-state index contributed by atoms with van der Waals surface area (Å²) >= 11 is 9.76. The lowest BCUT2D eigenvalue weighted by atomic mass is 10.3. The molecule has 122 valence electrons. The van der Waals surface area contributed by atoms with Crippen LogP contribution in [0.5, 0.6) is 0 Å². The Morgan fingerprint density at radius 3 is 1.65 bits per heavy atom. The van der Waals surface area contributed by atoms with Gasteiger partial charge in [-0.25, -0.2) is 0 Å². The second-order valence-corrected chi connectivity index (χ2v) is 15.8. The van der Waals surface area contributed by atoms with Crippen molar-refractivity contribution in [3.8, 4) is 0 Å². The van der Waals surface area contributed by atoms with Crippen LogP contribution in [-0.4, -0.2) is 18.1 Å². The van der Waals surface area contributed by atoms with Crippen LogP contribution in [-0.2, 0) is 16.3 Å². The van der Waals surface area contributed by atoms with Gasteiger partial charge in [-0.15, -0.1) is 0 Å². The van der Waals surface area contributed by atoms with Crippen molar-refractivity contribution in [1.82, 2.24) is 0 Å². The first-order valence-corrected chi connectivity index (χ1v) is 14.1. The molecule has 20 heavy (non-hydrogen) atoms. The summed E-state index contributed by atoms with van der Waals surface area (Å²) in [5, 5.41) is 0. The largest absolute Gasteiger partial charge is 0.334 e. The smallest absolute Gasteiger partial charge is 0.174 e. The van der Waals surface area contributed by atoms with E-state index in [4.69, 9.17) is 16.3 Å². The van der Waals surface area contributed by atoms with E-state index in [1.165, 1.54) is 69.3 Å². The molecule has 5 heteroatoms. The minimum absolute atomic E-state index is 0.868. The lowest BCUT2D eigenvalue weighted by Gasteiger charge is -2.21. The molecule has 0 saturated carbocycles. The summed E-state index contributed by atoms with van der Waals surface area (Å²) in [6, 6.07) is 0. The van der Waals surface area contributed by atoms with Crippen LogP contribution in [0.15, 0.2) is 0 Å². The number of hydrogen-bond acceptors (Lipinski definition) is 4. The molecule has 0 rings (SSSR count). The van der Waals surface area contributed by atoms with Crippen molar-refractivity contribution in [3.05, 3.63) is 0 Å². The van der Waals surface area contributed by atoms with Crippen molar-refractivity contribution in [1.29, 1.82) is 0 Å². The Balaban J connectivity index is 4.02. The molecule has 0 aromatic heterocycles. The molecule has 1 nitrogen and oxygen atoms in total. The lowest BCUT2D eigenvalue weighted by molar-refractivity contribution is 0.350. The van der Waals surface area contributed by atoms with Gasteiger partial charge in [0.05, 0.1) is 6.61 Å². The molecule has 0 aliphatic rings. The second-order valence-electron chi connectivity index (χ2n) is 5.07. The van der Waals surface area contributed by atoms with Crippen LogP contribution in [0.2, 0.25) is 0 Å². The normalized spacial score (nSPS) is 11.9. The Morgan fingerprint density at radius 1 is 0.750 bits per heavy atom. The highest BCUT2D eigenvalue weighted by molar-refractivity contribution is 8.99. The van der Waals surface area contributed by atoms with E-state index in [9.17, 15) is 0 Å². The molecule has 0 bridgehead atoms. The van der Waals surface area contributed by atoms with Crippen LogP contribution in [0.3, 0.4) is 0 Å². The molecule has 0 N–H and O–H groups in total. The monoisotopic (exact) mass is 356 g/mol. The van der Waals surface area contributed by atoms with Gasteiger partial charge in [0, 0.05) is 11.5 Å². The predicted molar refractivity (Wildman–Crippen MR) is 104 cm³/mol. The summed E-state index contributed by atoms with van der Waals surface area (Å²) < 4.78 is 4.47. The minimum atomic E-state index is -1.67. The summed E-state index contributed by atoms with van der Waals surface area (Å²) in [5.74, 6) is 2.36. The number of hydrogen-bond donors (Lipinski definition) is 0. The van der Waals surface area contributed by atoms with Crippen molar-refractivity contribution in [2.75, 3.05) is 18.1 Å². The summed E-state index contributed by atoms with van der Waals surface area (Å²) in [4.78, 5) is 0. The maximum absolute atomic E-state index is 6.14. The second kappa shape index (κ2) is 15.2. The van der Waals surface area contributed by atoms with Crippen molar-refractivity contribution in [3.63, 3.8) is 0 Å². The fourth-order valence-electron chi connectivity index (χ4n) is 1.70. The average Bonchev–Trinajstić information content (AvgIpc) is 2.45. The summed E-state index contributed by atoms with van der Waals surface area (Å²) in [6.45, 7) is 7.60. The van der Waals surface area contributed by atoms with Gasteiger partial charge in [0.15, 0.2) is 4.67 Å². The van der Waals surface area contributed by atoms with E-state index in [0.717, 1.165) is 6.61 Å². The highest BCUT2D eigenvalue weighted by Crippen LogP contribution is 2.70. The van der Waals surface area contributed by atoms with E-state index in [-0.39, 0.29) is 0 Å². The van der Waals surface area contributed by atoms with Crippen molar-refractivity contribution in [2.24, 2.45) is 0 Å². The Kier molecular flexibility index (Phi) is 16.2. The molecule has 0 atom stereocenters. The van der Waals surface area contributed by atoms with Crippen molar-refractivity contribution in [2.45, 2.75) is 78.6 Å². The average molecular weight is 357 g/mol. The van der Waals surface area contributed by atoms with Crippen molar-refractivity contribution >= 4 is 39.2 Å². The number of unbranched alkanes of at least 4 members (excludes halogenated alkanes) is 6. The zero-order valence-electron chi connectivity index (χ0n) is 13.6. The molecular formula is C15H33OPS3. The van der Waals surface area contributed by atoms with Crippen LogP contribution in [0.1, 0.15) is 78.6 Å². The fraction of sp³-hybridized carbons (Fsp3) is 1.00. The summed E-state index contributed by atoms with van der Waals surface area (Å²) in [5.41, 5.74) is 0. The fourth-order valence-corrected chi connectivity index (χ4v) is 10.2. The van der Waals surface area contributed by atoms with Crippen molar-refractivity contribution < 1.29 is 4.52 Å². The summed E-state index contributed by atoms with van der Waals surface area (Å²) in [6.07, 6.45) is 11.4. The van der Waals surface area contributed by atoms with E-state index in [1.54, 1.807) is 0 Å². The van der Waals surface area contributed by atoms with E-state index < -0.39 is 4.67 Å². The van der Waals surface area contributed by atoms with E-state index in [0.29, 0.717) is 0 Å². The van der Waals surface area contributed by atoms with Crippen LogP contribution < -0.4 is 0 Å². The molecule has 0 aromatic rings. The third-order valence-electron chi connectivity index (χ3n) is 2.99. The van der Waals surface area contributed by atoms with Gasteiger partial charge in [-0.1, -0.05) is 82.1 Å². The molecule has 0 unspecified atom stereocenters. The molecule has 0 aliphatic heterocycles. The molecule has 0 heterocycles. The van der Waals surface area contributed by atoms with Gasteiger partial charge in [0.25, 0.3) is 0 Å². The van der Waals surface area contributed by atoms with Gasteiger partial charge < -0.3 is 4.52 Å². The zero-order chi connectivity index (χ0) is 15.1. The Hall–Kier alpha value is 1.31. The van der Waals surface area contributed by atoms with Gasteiger partial charge in [-0.3, -0.25) is 0 Å². The third kappa shape index (κ3) is 13.0. The SMILES string of the molecule is CCCCCOP(=S)(SCCCCC)SCCCCC. The van der Waals surface area contributed by atoms with E-state index in [2.05, 4.69) is 20.8 Å². The molecule has 0 spiro atoms. The summed E-state index contributed by atoms with van der Waals surface area (Å²) in [7, 11) is 0. The van der Waals surface area contributed by atoms with Gasteiger partial charge in [0.2, 0.25) is 0 Å². The van der Waals surface area contributed by atoms with E-state index in [1.807, 2.05) is 22.8 Å². The molecule has 0 saturated heterocycles. The molecule has 0 fully saturated rings. The predicted octanol–water partition coefficient (Wildman–Crippen LogP) is 7.26. The Labute approximate surface area is 140 Å². The quantitative estimate of drug-likeness (QED) is 0.225.